The van der Waals surface area contributed by atoms with Gasteiger partial charge in [0.15, 0.2) is 0 Å². The van der Waals surface area contributed by atoms with E-state index >= 15 is 0 Å². The molecule has 1 fully saturated rings. The van der Waals surface area contributed by atoms with E-state index in [2.05, 4.69) is 34.5 Å². The molecular formula is C13H18N2. The summed E-state index contributed by atoms with van der Waals surface area (Å²) in [5, 5.41) is 3.46. The van der Waals surface area contributed by atoms with Crippen molar-refractivity contribution in [1.29, 1.82) is 0 Å². The lowest BCUT2D eigenvalue weighted by Crippen LogP contribution is -2.40. The van der Waals surface area contributed by atoms with Gasteiger partial charge in [-0.2, -0.15) is 0 Å². The Kier molecular flexibility index (Phi) is 2.37. The van der Waals surface area contributed by atoms with Crippen LogP contribution in [0.25, 0.3) is 0 Å². The summed E-state index contributed by atoms with van der Waals surface area (Å²) in [7, 11) is 0. The first-order valence-electron chi connectivity index (χ1n) is 6.00. The summed E-state index contributed by atoms with van der Waals surface area (Å²) in [4.78, 5) is 2.61. The predicted octanol–water partition coefficient (Wildman–Crippen LogP) is 1.80. The smallest absolute Gasteiger partial charge is 0.0426 e. The van der Waals surface area contributed by atoms with Crippen molar-refractivity contribution in [3.63, 3.8) is 0 Å². The summed E-state index contributed by atoms with van der Waals surface area (Å²) >= 11 is 0. The van der Waals surface area contributed by atoms with Gasteiger partial charge in [0.2, 0.25) is 0 Å². The number of nitrogens with one attached hydrogen (secondary N) is 1. The van der Waals surface area contributed by atoms with Crippen molar-refractivity contribution < 1.29 is 0 Å². The standard InChI is InChI=1S/C13H18N2/c1-2-6-13-11(4-1)5-3-9-15(13)12-7-8-14-10-12/h1-2,4,6,12,14H,3,5,7-10H2/t12-/m0/s1. The van der Waals surface area contributed by atoms with Gasteiger partial charge in [-0.15, -0.1) is 0 Å². The van der Waals surface area contributed by atoms with Crippen LogP contribution < -0.4 is 10.2 Å². The minimum Gasteiger partial charge on any atom is -0.367 e. The van der Waals surface area contributed by atoms with Gasteiger partial charge in [-0.1, -0.05) is 18.2 Å². The molecule has 2 nitrogen and oxygen atoms in total. The van der Waals surface area contributed by atoms with Gasteiger partial charge in [-0.3, -0.25) is 0 Å². The van der Waals surface area contributed by atoms with Crippen LogP contribution in [0.2, 0.25) is 0 Å². The van der Waals surface area contributed by atoms with Crippen LogP contribution in [0.1, 0.15) is 18.4 Å². The fourth-order valence-corrected chi connectivity index (χ4v) is 2.85. The van der Waals surface area contributed by atoms with Crippen LogP contribution >= 0.6 is 0 Å². The monoisotopic (exact) mass is 202 g/mol. The topological polar surface area (TPSA) is 15.3 Å². The average Bonchev–Trinajstić information content (AvgIpc) is 2.82. The zero-order chi connectivity index (χ0) is 10.1. The molecule has 1 aromatic carbocycles. The normalized spacial score (nSPS) is 25.3. The Morgan fingerprint density at radius 3 is 3.07 bits per heavy atom. The molecule has 2 heterocycles. The fourth-order valence-electron chi connectivity index (χ4n) is 2.85. The summed E-state index contributed by atoms with van der Waals surface area (Å²) in [6.07, 6.45) is 3.87. The van der Waals surface area contributed by atoms with E-state index in [-0.39, 0.29) is 0 Å². The first-order valence-corrected chi connectivity index (χ1v) is 6.00. The van der Waals surface area contributed by atoms with E-state index in [0.29, 0.717) is 0 Å². The minimum absolute atomic E-state index is 0.728. The van der Waals surface area contributed by atoms with Crippen LogP contribution in [0.15, 0.2) is 24.3 Å². The van der Waals surface area contributed by atoms with Crippen molar-refractivity contribution in [3.05, 3.63) is 29.8 Å². The molecule has 80 valence electrons. The average molecular weight is 202 g/mol. The molecule has 0 saturated carbocycles. The first kappa shape index (κ1) is 9.22. The Labute approximate surface area is 91.3 Å². The van der Waals surface area contributed by atoms with Crippen LogP contribution in [-0.4, -0.2) is 25.7 Å². The van der Waals surface area contributed by atoms with Crippen molar-refractivity contribution in [3.8, 4) is 0 Å². The number of benzene rings is 1. The van der Waals surface area contributed by atoms with Crippen LogP contribution in [0.5, 0.6) is 0 Å². The Bertz CT molecular complexity index is 342. The molecule has 1 aromatic rings. The molecule has 0 aliphatic carbocycles. The molecule has 1 saturated heterocycles. The highest BCUT2D eigenvalue weighted by molar-refractivity contribution is 5.56. The van der Waals surface area contributed by atoms with E-state index in [1.165, 1.54) is 43.6 Å². The van der Waals surface area contributed by atoms with E-state index in [9.17, 15) is 0 Å². The van der Waals surface area contributed by atoms with Crippen LogP contribution in [-0.2, 0) is 6.42 Å². The molecule has 3 rings (SSSR count). The van der Waals surface area contributed by atoms with Gasteiger partial charge in [-0.25, -0.2) is 0 Å². The molecular weight excluding hydrogens is 184 g/mol. The van der Waals surface area contributed by atoms with Crippen molar-refractivity contribution in [2.75, 3.05) is 24.5 Å². The van der Waals surface area contributed by atoms with Gasteiger partial charge in [0.1, 0.15) is 0 Å². The van der Waals surface area contributed by atoms with Crippen molar-refractivity contribution >= 4 is 5.69 Å². The van der Waals surface area contributed by atoms with Crippen LogP contribution in [0, 0.1) is 0 Å². The van der Waals surface area contributed by atoms with E-state index in [4.69, 9.17) is 0 Å². The lowest BCUT2D eigenvalue weighted by atomic mass is 10.00. The maximum absolute atomic E-state index is 3.46. The van der Waals surface area contributed by atoms with Gasteiger partial charge in [0.25, 0.3) is 0 Å². The lowest BCUT2D eigenvalue weighted by molar-refractivity contribution is 0.592. The second-order valence-electron chi connectivity index (χ2n) is 4.57. The highest BCUT2D eigenvalue weighted by atomic mass is 15.2. The van der Waals surface area contributed by atoms with Gasteiger partial charge < -0.3 is 10.2 Å². The van der Waals surface area contributed by atoms with Gasteiger partial charge in [0, 0.05) is 24.8 Å². The van der Waals surface area contributed by atoms with E-state index in [0.717, 1.165) is 12.6 Å². The van der Waals surface area contributed by atoms with Crippen molar-refractivity contribution in [1.82, 2.24) is 5.32 Å². The molecule has 2 aliphatic rings. The molecule has 2 heteroatoms. The highest BCUT2D eigenvalue weighted by Gasteiger charge is 2.25. The largest absolute Gasteiger partial charge is 0.367 e. The summed E-state index contributed by atoms with van der Waals surface area (Å²) in [6, 6.07) is 9.62. The molecule has 1 N–H and O–H groups in total. The zero-order valence-electron chi connectivity index (χ0n) is 9.08. The number of aryl methyl sites for hydroxylation is 1. The van der Waals surface area contributed by atoms with Crippen molar-refractivity contribution in [2.45, 2.75) is 25.3 Å². The SMILES string of the molecule is c1ccc2c(c1)CCCN2[C@H]1CCNC1. The molecule has 0 spiro atoms. The maximum atomic E-state index is 3.46. The first-order chi connectivity index (χ1) is 7.45. The zero-order valence-corrected chi connectivity index (χ0v) is 9.08. The number of rotatable bonds is 1. The summed E-state index contributed by atoms with van der Waals surface area (Å²) < 4.78 is 0. The second-order valence-corrected chi connectivity index (χ2v) is 4.57. The highest BCUT2D eigenvalue weighted by Crippen LogP contribution is 2.29. The number of para-hydroxylation sites is 1. The molecule has 1 atom stereocenters. The number of hydrogen-bond acceptors (Lipinski definition) is 2. The number of anilines is 1. The molecule has 0 unspecified atom stereocenters. The summed E-state index contributed by atoms with van der Waals surface area (Å²) in [5.41, 5.74) is 3.02. The summed E-state index contributed by atoms with van der Waals surface area (Å²) in [6.45, 7) is 3.58. The fraction of sp³-hybridized carbons (Fsp3) is 0.538. The Balaban J connectivity index is 1.91. The molecule has 2 aliphatic heterocycles. The van der Waals surface area contributed by atoms with Crippen LogP contribution in [0.3, 0.4) is 0 Å². The van der Waals surface area contributed by atoms with Gasteiger partial charge >= 0.3 is 0 Å². The van der Waals surface area contributed by atoms with Crippen molar-refractivity contribution in [2.24, 2.45) is 0 Å². The second kappa shape index (κ2) is 3.86. The number of hydrogen-bond donors (Lipinski definition) is 1. The number of fused-ring (bicyclic) bond motifs is 1. The van der Waals surface area contributed by atoms with Gasteiger partial charge in [0.05, 0.1) is 0 Å². The van der Waals surface area contributed by atoms with E-state index < -0.39 is 0 Å². The molecule has 0 aromatic heterocycles. The van der Waals surface area contributed by atoms with Crippen LogP contribution in [0.4, 0.5) is 5.69 Å². The predicted molar refractivity (Wildman–Crippen MR) is 63.4 cm³/mol. The summed E-state index contributed by atoms with van der Waals surface area (Å²) in [5.74, 6) is 0. The molecule has 15 heavy (non-hydrogen) atoms. The minimum atomic E-state index is 0.728. The Morgan fingerprint density at radius 1 is 1.27 bits per heavy atom. The Hall–Kier alpha value is -1.02. The quantitative estimate of drug-likeness (QED) is 0.747. The maximum Gasteiger partial charge on any atom is 0.0426 e. The molecule has 0 bridgehead atoms. The lowest BCUT2D eigenvalue weighted by Gasteiger charge is -2.35. The Morgan fingerprint density at radius 2 is 2.20 bits per heavy atom. The van der Waals surface area contributed by atoms with Gasteiger partial charge in [-0.05, 0) is 37.4 Å². The molecule has 0 amide bonds. The van der Waals surface area contributed by atoms with E-state index in [1.54, 1.807) is 0 Å². The van der Waals surface area contributed by atoms with E-state index in [1.807, 2.05) is 0 Å². The number of nitrogens with zero attached hydrogens (tertiary/aromatic N) is 1. The molecule has 0 radical (unpaired) electrons. The third kappa shape index (κ3) is 1.63. The third-order valence-corrected chi connectivity index (χ3v) is 3.62. The third-order valence-electron chi connectivity index (χ3n) is 3.62.